The van der Waals surface area contributed by atoms with E-state index < -0.39 is 0 Å². The van der Waals surface area contributed by atoms with Gasteiger partial charge in [-0.05, 0) is 31.7 Å². The number of rotatable bonds is 4. The Bertz CT molecular complexity index is 573. The van der Waals surface area contributed by atoms with E-state index in [0.717, 1.165) is 19.4 Å². The van der Waals surface area contributed by atoms with Crippen LogP contribution in [-0.4, -0.2) is 53.5 Å². The third-order valence-electron chi connectivity index (χ3n) is 4.73. The Kier molecular flexibility index (Phi) is 4.10. The maximum Gasteiger partial charge on any atom is 0.292 e. The van der Waals surface area contributed by atoms with Crippen molar-refractivity contribution in [3.05, 3.63) is 11.7 Å². The second kappa shape index (κ2) is 6.04. The van der Waals surface area contributed by atoms with Gasteiger partial charge >= 0.3 is 0 Å². The predicted octanol–water partition coefficient (Wildman–Crippen LogP) is -0.224. The summed E-state index contributed by atoms with van der Waals surface area (Å²) in [6, 6.07) is 0.401. The smallest absolute Gasteiger partial charge is 0.292 e. The quantitative estimate of drug-likeness (QED) is 0.797. The molecule has 1 aromatic heterocycles. The van der Waals surface area contributed by atoms with Gasteiger partial charge in [0.2, 0.25) is 11.8 Å². The van der Waals surface area contributed by atoms with Crippen molar-refractivity contribution >= 4 is 11.8 Å². The molecule has 120 valence electrons. The summed E-state index contributed by atoms with van der Waals surface area (Å²) >= 11 is 0. The largest absolute Gasteiger partial charge is 0.356 e. The fourth-order valence-corrected chi connectivity index (χ4v) is 3.46. The van der Waals surface area contributed by atoms with Gasteiger partial charge in [-0.2, -0.15) is 4.98 Å². The number of hydrogen-bond acceptors (Lipinski definition) is 6. The zero-order valence-corrected chi connectivity index (χ0v) is 12.8. The van der Waals surface area contributed by atoms with Gasteiger partial charge in [-0.15, -0.1) is 0 Å². The Labute approximate surface area is 128 Å². The van der Waals surface area contributed by atoms with Crippen LogP contribution in [0.3, 0.4) is 0 Å². The highest BCUT2D eigenvalue weighted by Crippen LogP contribution is 2.38. The molecule has 0 aromatic carbocycles. The number of amides is 2. The van der Waals surface area contributed by atoms with Crippen LogP contribution in [0, 0.1) is 11.8 Å². The zero-order valence-electron chi connectivity index (χ0n) is 12.8. The van der Waals surface area contributed by atoms with Crippen LogP contribution in [0.25, 0.3) is 0 Å². The summed E-state index contributed by atoms with van der Waals surface area (Å²) in [7, 11) is 3.54. The molecule has 0 radical (unpaired) electrons. The minimum atomic E-state index is -0.353. The summed E-state index contributed by atoms with van der Waals surface area (Å²) in [4.78, 5) is 29.2. The van der Waals surface area contributed by atoms with Crippen molar-refractivity contribution in [2.45, 2.75) is 31.8 Å². The van der Waals surface area contributed by atoms with Gasteiger partial charge in [0.05, 0.1) is 6.54 Å². The van der Waals surface area contributed by atoms with E-state index in [4.69, 9.17) is 4.52 Å². The lowest BCUT2D eigenvalue weighted by Crippen LogP contribution is -2.38. The monoisotopic (exact) mass is 307 g/mol. The van der Waals surface area contributed by atoms with Crippen molar-refractivity contribution in [3.8, 4) is 0 Å². The van der Waals surface area contributed by atoms with E-state index in [9.17, 15) is 9.59 Å². The highest BCUT2D eigenvalue weighted by Gasteiger charge is 2.39. The van der Waals surface area contributed by atoms with E-state index >= 15 is 0 Å². The van der Waals surface area contributed by atoms with Gasteiger partial charge in [0.1, 0.15) is 0 Å². The van der Waals surface area contributed by atoms with E-state index in [1.807, 2.05) is 7.05 Å². The molecule has 1 saturated heterocycles. The van der Waals surface area contributed by atoms with E-state index in [0.29, 0.717) is 36.7 Å². The van der Waals surface area contributed by atoms with Gasteiger partial charge in [0.15, 0.2) is 0 Å². The van der Waals surface area contributed by atoms with Crippen LogP contribution in [0.4, 0.5) is 0 Å². The van der Waals surface area contributed by atoms with Crippen LogP contribution in [0.2, 0.25) is 0 Å². The standard InChI is InChI=1S/C14H21N5O3/c1-15-14(21)13-17-12(22-18-13)7-19(2)10-3-8-5-11(20)16-6-9(8)4-10/h8-10H,3-7H2,1-2H3,(H,15,21)(H,16,20)/t8-,9+,10-/m0/s1. The van der Waals surface area contributed by atoms with Gasteiger partial charge in [0, 0.05) is 26.1 Å². The Morgan fingerprint density at radius 3 is 3.00 bits per heavy atom. The lowest BCUT2D eigenvalue weighted by molar-refractivity contribution is -0.124. The van der Waals surface area contributed by atoms with Crippen LogP contribution in [0.15, 0.2) is 4.52 Å². The fourth-order valence-electron chi connectivity index (χ4n) is 3.46. The molecule has 2 amide bonds. The van der Waals surface area contributed by atoms with Crippen LogP contribution >= 0.6 is 0 Å². The molecule has 8 nitrogen and oxygen atoms in total. The summed E-state index contributed by atoms with van der Waals surface area (Å²) in [5, 5.41) is 9.08. The molecule has 1 aliphatic heterocycles. The summed E-state index contributed by atoms with van der Waals surface area (Å²) in [5.41, 5.74) is 0. The molecule has 0 bridgehead atoms. The molecule has 1 aliphatic carbocycles. The molecule has 3 atom stereocenters. The average molecular weight is 307 g/mol. The first-order chi connectivity index (χ1) is 10.6. The molecule has 0 spiro atoms. The number of nitrogens with zero attached hydrogens (tertiary/aromatic N) is 3. The van der Waals surface area contributed by atoms with Crippen LogP contribution in [-0.2, 0) is 11.3 Å². The first kappa shape index (κ1) is 15.0. The molecule has 2 N–H and O–H groups in total. The Morgan fingerprint density at radius 1 is 1.45 bits per heavy atom. The Hall–Kier alpha value is -1.96. The predicted molar refractivity (Wildman–Crippen MR) is 76.8 cm³/mol. The van der Waals surface area contributed by atoms with Crippen LogP contribution < -0.4 is 10.6 Å². The van der Waals surface area contributed by atoms with Crippen molar-refractivity contribution in [3.63, 3.8) is 0 Å². The van der Waals surface area contributed by atoms with E-state index in [-0.39, 0.29) is 17.6 Å². The molecule has 3 rings (SSSR count). The molecular weight excluding hydrogens is 286 g/mol. The fraction of sp³-hybridized carbons (Fsp3) is 0.714. The highest BCUT2D eigenvalue weighted by atomic mass is 16.5. The zero-order chi connectivity index (χ0) is 15.7. The van der Waals surface area contributed by atoms with Crippen molar-refractivity contribution < 1.29 is 14.1 Å². The SMILES string of the molecule is CNC(=O)c1noc(CN(C)[C@H]2C[C@H]3CC(=O)NC[C@H]3C2)n1. The molecule has 8 heteroatoms. The summed E-state index contributed by atoms with van der Waals surface area (Å²) in [6.07, 6.45) is 2.72. The second-order valence-electron chi connectivity index (χ2n) is 6.16. The van der Waals surface area contributed by atoms with Crippen molar-refractivity contribution in [1.29, 1.82) is 0 Å². The molecule has 2 heterocycles. The summed E-state index contributed by atoms with van der Waals surface area (Å²) in [6.45, 7) is 1.30. The van der Waals surface area contributed by atoms with E-state index in [1.165, 1.54) is 7.05 Å². The van der Waals surface area contributed by atoms with Gasteiger partial charge in [0.25, 0.3) is 11.7 Å². The van der Waals surface area contributed by atoms with Crippen molar-refractivity contribution in [2.24, 2.45) is 11.8 Å². The van der Waals surface area contributed by atoms with Gasteiger partial charge in [-0.25, -0.2) is 0 Å². The Balaban J connectivity index is 1.58. The number of carbonyl (C=O) groups is 2. The molecule has 1 aromatic rings. The number of piperidine rings is 1. The number of hydrogen-bond donors (Lipinski definition) is 2. The first-order valence-corrected chi connectivity index (χ1v) is 7.58. The van der Waals surface area contributed by atoms with E-state index in [2.05, 4.69) is 25.7 Å². The van der Waals surface area contributed by atoms with Crippen LogP contribution in [0.5, 0.6) is 0 Å². The third kappa shape index (κ3) is 2.96. The summed E-state index contributed by atoms with van der Waals surface area (Å²) < 4.78 is 5.12. The maximum atomic E-state index is 11.5. The Morgan fingerprint density at radius 2 is 2.23 bits per heavy atom. The molecular formula is C14H21N5O3. The lowest BCUT2D eigenvalue weighted by Gasteiger charge is -2.24. The number of aromatic nitrogens is 2. The normalized spacial score (nSPS) is 27.6. The lowest BCUT2D eigenvalue weighted by atomic mass is 9.89. The molecule has 1 saturated carbocycles. The second-order valence-corrected chi connectivity index (χ2v) is 6.16. The molecule has 22 heavy (non-hydrogen) atoms. The van der Waals surface area contributed by atoms with Gasteiger partial charge < -0.3 is 15.2 Å². The number of nitrogens with one attached hydrogen (secondary N) is 2. The maximum absolute atomic E-state index is 11.5. The van der Waals surface area contributed by atoms with E-state index in [1.54, 1.807) is 0 Å². The minimum Gasteiger partial charge on any atom is -0.356 e. The minimum absolute atomic E-state index is 0.0563. The van der Waals surface area contributed by atoms with Gasteiger partial charge in [-0.3, -0.25) is 14.5 Å². The molecule has 2 aliphatic rings. The van der Waals surface area contributed by atoms with Crippen molar-refractivity contribution in [1.82, 2.24) is 25.7 Å². The van der Waals surface area contributed by atoms with Crippen molar-refractivity contribution in [2.75, 3.05) is 20.6 Å². The average Bonchev–Trinajstić information content (AvgIpc) is 3.12. The third-order valence-corrected chi connectivity index (χ3v) is 4.73. The van der Waals surface area contributed by atoms with Gasteiger partial charge in [-0.1, -0.05) is 5.16 Å². The number of carbonyl (C=O) groups excluding carboxylic acids is 2. The highest BCUT2D eigenvalue weighted by molar-refractivity contribution is 5.89. The summed E-state index contributed by atoms with van der Waals surface area (Å²) in [5.74, 6) is 1.34. The molecule has 0 unspecified atom stereocenters. The molecule has 2 fully saturated rings. The topological polar surface area (TPSA) is 100 Å². The van der Waals surface area contributed by atoms with Crippen LogP contribution in [0.1, 0.15) is 35.8 Å². The first-order valence-electron chi connectivity index (χ1n) is 7.58. The number of fused-ring (bicyclic) bond motifs is 1.